The summed E-state index contributed by atoms with van der Waals surface area (Å²) in [5, 5.41) is 2.94. The first-order valence-electron chi connectivity index (χ1n) is 7.43. The number of anilines is 1. The molecular weight excluding hydrogens is 298 g/mol. The zero-order valence-corrected chi connectivity index (χ0v) is 14.2. The van der Waals surface area contributed by atoms with Crippen molar-refractivity contribution < 1.29 is 9.59 Å². The van der Waals surface area contributed by atoms with Crippen LogP contribution in [0, 0.1) is 0 Å². The van der Waals surface area contributed by atoms with E-state index in [1.165, 1.54) is 0 Å². The van der Waals surface area contributed by atoms with Crippen LogP contribution in [0.25, 0.3) is 0 Å². The molecule has 1 aromatic carbocycles. The first-order chi connectivity index (χ1) is 10.5. The molecule has 0 spiro atoms. The molecule has 1 aliphatic heterocycles. The SMILES string of the molecule is CCC(=O)N1CSC[C@H]1C(=O)Nc1cccc(CN(C)C)c1. The van der Waals surface area contributed by atoms with E-state index in [2.05, 4.69) is 10.2 Å². The predicted molar refractivity (Wildman–Crippen MR) is 90.7 cm³/mol. The highest BCUT2D eigenvalue weighted by Gasteiger charge is 2.33. The summed E-state index contributed by atoms with van der Waals surface area (Å²) in [4.78, 5) is 28.1. The van der Waals surface area contributed by atoms with E-state index in [9.17, 15) is 9.59 Å². The quantitative estimate of drug-likeness (QED) is 0.901. The van der Waals surface area contributed by atoms with Gasteiger partial charge in [-0.1, -0.05) is 19.1 Å². The van der Waals surface area contributed by atoms with Gasteiger partial charge in [0.25, 0.3) is 0 Å². The fourth-order valence-corrected chi connectivity index (χ4v) is 3.63. The summed E-state index contributed by atoms with van der Waals surface area (Å²) < 4.78 is 0. The summed E-state index contributed by atoms with van der Waals surface area (Å²) in [5.74, 6) is 1.20. The maximum atomic E-state index is 12.5. The standard InChI is InChI=1S/C16H23N3O2S/c1-4-15(20)19-11-22-10-14(19)16(21)17-13-7-5-6-12(8-13)9-18(2)3/h5-8,14H,4,9-11H2,1-3H3,(H,17,21)/t14-/m0/s1. The Morgan fingerprint density at radius 3 is 2.86 bits per heavy atom. The van der Waals surface area contributed by atoms with E-state index in [1.807, 2.05) is 45.3 Å². The second-order valence-corrected chi connectivity index (χ2v) is 6.66. The topological polar surface area (TPSA) is 52.7 Å². The molecule has 0 radical (unpaired) electrons. The van der Waals surface area contributed by atoms with Gasteiger partial charge < -0.3 is 15.1 Å². The van der Waals surface area contributed by atoms with Gasteiger partial charge in [0.2, 0.25) is 11.8 Å². The molecule has 1 aliphatic rings. The van der Waals surface area contributed by atoms with Crippen LogP contribution in [0.2, 0.25) is 0 Å². The van der Waals surface area contributed by atoms with Crippen molar-refractivity contribution in [2.24, 2.45) is 0 Å². The molecule has 0 unspecified atom stereocenters. The molecule has 0 aliphatic carbocycles. The number of nitrogens with zero attached hydrogens (tertiary/aromatic N) is 2. The number of rotatable bonds is 5. The molecule has 1 heterocycles. The van der Waals surface area contributed by atoms with Crippen LogP contribution in [0.5, 0.6) is 0 Å². The van der Waals surface area contributed by atoms with Crippen molar-refractivity contribution in [2.45, 2.75) is 25.9 Å². The summed E-state index contributed by atoms with van der Waals surface area (Å²) in [6.07, 6.45) is 0.433. The number of nitrogens with one attached hydrogen (secondary N) is 1. The van der Waals surface area contributed by atoms with Crippen LogP contribution in [0.4, 0.5) is 5.69 Å². The Morgan fingerprint density at radius 1 is 1.41 bits per heavy atom. The van der Waals surface area contributed by atoms with Gasteiger partial charge in [0.15, 0.2) is 0 Å². The lowest BCUT2D eigenvalue weighted by Gasteiger charge is -2.22. The Labute approximate surface area is 136 Å². The maximum absolute atomic E-state index is 12.5. The first kappa shape index (κ1) is 16.8. The van der Waals surface area contributed by atoms with Gasteiger partial charge in [0, 0.05) is 24.4 Å². The second kappa shape index (κ2) is 7.65. The van der Waals surface area contributed by atoms with E-state index < -0.39 is 0 Å². The van der Waals surface area contributed by atoms with Crippen LogP contribution in [0.15, 0.2) is 24.3 Å². The number of carbonyl (C=O) groups is 2. The summed E-state index contributed by atoms with van der Waals surface area (Å²) in [5.41, 5.74) is 1.93. The van der Waals surface area contributed by atoms with Gasteiger partial charge >= 0.3 is 0 Å². The van der Waals surface area contributed by atoms with Gasteiger partial charge in [-0.05, 0) is 31.8 Å². The minimum absolute atomic E-state index is 0.0338. The van der Waals surface area contributed by atoms with Gasteiger partial charge in [-0.15, -0.1) is 11.8 Å². The maximum Gasteiger partial charge on any atom is 0.248 e. The van der Waals surface area contributed by atoms with E-state index in [4.69, 9.17) is 0 Å². The third kappa shape index (κ3) is 4.24. The highest BCUT2D eigenvalue weighted by atomic mass is 32.2. The molecule has 120 valence electrons. The molecule has 1 fully saturated rings. The van der Waals surface area contributed by atoms with Crippen molar-refractivity contribution in [1.82, 2.24) is 9.80 Å². The van der Waals surface area contributed by atoms with E-state index in [0.29, 0.717) is 18.1 Å². The molecular formula is C16H23N3O2S. The van der Waals surface area contributed by atoms with Crippen molar-refractivity contribution >= 4 is 29.3 Å². The third-order valence-corrected chi connectivity index (χ3v) is 4.51. The third-order valence-electron chi connectivity index (χ3n) is 3.50. The summed E-state index contributed by atoms with van der Waals surface area (Å²) in [6, 6.07) is 7.47. The highest BCUT2D eigenvalue weighted by molar-refractivity contribution is 7.99. The second-order valence-electron chi connectivity index (χ2n) is 5.66. The van der Waals surface area contributed by atoms with E-state index in [0.717, 1.165) is 17.8 Å². The molecule has 2 rings (SSSR count). The van der Waals surface area contributed by atoms with E-state index in [1.54, 1.807) is 16.7 Å². The average Bonchev–Trinajstić information content (AvgIpc) is 2.95. The molecule has 1 aromatic rings. The smallest absolute Gasteiger partial charge is 0.248 e. The van der Waals surface area contributed by atoms with Crippen molar-refractivity contribution in [3.8, 4) is 0 Å². The lowest BCUT2D eigenvalue weighted by Crippen LogP contribution is -2.44. The van der Waals surface area contributed by atoms with E-state index in [-0.39, 0.29) is 17.9 Å². The van der Waals surface area contributed by atoms with Gasteiger partial charge in [-0.3, -0.25) is 9.59 Å². The Balaban J connectivity index is 2.03. The van der Waals surface area contributed by atoms with Gasteiger partial charge in [0.05, 0.1) is 5.88 Å². The van der Waals surface area contributed by atoms with Crippen LogP contribution >= 0.6 is 11.8 Å². The van der Waals surface area contributed by atoms with Gasteiger partial charge in [-0.2, -0.15) is 0 Å². The van der Waals surface area contributed by atoms with Crippen LogP contribution < -0.4 is 5.32 Å². The van der Waals surface area contributed by atoms with Crippen LogP contribution in [0.1, 0.15) is 18.9 Å². The monoisotopic (exact) mass is 321 g/mol. The number of carbonyl (C=O) groups excluding carboxylic acids is 2. The van der Waals surface area contributed by atoms with Crippen molar-refractivity contribution in [2.75, 3.05) is 31.0 Å². The Kier molecular flexibility index (Phi) is 5.85. The van der Waals surface area contributed by atoms with Gasteiger partial charge in [-0.25, -0.2) is 0 Å². The average molecular weight is 321 g/mol. The van der Waals surface area contributed by atoms with E-state index >= 15 is 0 Å². The molecule has 1 N–H and O–H groups in total. The molecule has 0 bridgehead atoms. The van der Waals surface area contributed by atoms with Crippen LogP contribution in [-0.4, -0.2) is 53.4 Å². The lowest BCUT2D eigenvalue weighted by atomic mass is 10.2. The van der Waals surface area contributed by atoms with Crippen molar-refractivity contribution in [1.29, 1.82) is 0 Å². The normalized spacial score (nSPS) is 17.8. The number of amides is 2. The lowest BCUT2D eigenvalue weighted by molar-refractivity contribution is -0.135. The first-order valence-corrected chi connectivity index (χ1v) is 8.58. The Bertz CT molecular complexity index is 548. The summed E-state index contributed by atoms with van der Waals surface area (Å²) in [7, 11) is 4.02. The molecule has 0 saturated carbocycles. The molecule has 5 nitrogen and oxygen atoms in total. The molecule has 1 atom stereocenters. The summed E-state index contributed by atoms with van der Waals surface area (Å²) >= 11 is 1.62. The number of hydrogen-bond acceptors (Lipinski definition) is 4. The predicted octanol–water partition coefficient (Wildman–Crippen LogP) is 2.00. The number of hydrogen-bond donors (Lipinski definition) is 1. The number of benzene rings is 1. The molecule has 1 saturated heterocycles. The van der Waals surface area contributed by atoms with Crippen LogP contribution in [-0.2, 0) is 16.1 Å². The van der Waals surface area contributed by atoms with Gasteiger partial charge in [0.1, 0.15) is 6.04 Å². The summed E-state index contributed by atoms with van der Waals surface area (Å²) in [6.45, 7) is 2.65. The zero-order valence-electron chi connectivity index (χ0n) is 13.3. The minimum atomic E-state index is -0.366. The van der Waals surface area contributed by atoms with Crippen molar-refractivity contribution in [3.05, 3.63) is 29.8 Å². The fraction of sp³-hybridized carbons (Fsp3) is 0.500. The Morgan fingerprint density at radius 2 is 2.18 bits per heavy atom. The fourth-order valence-electron chi connectivity index (χ4n) is 2.45. The molecule has 22 heavy (non-hydrogen) atoms. The van der Waals surface area contributed by atoms with Crippen molar-refractivity contribution in [3.63, 3.8) is 0 Å². The zero-order chi connectivity index (χ0) is 16.1. The number of thioether (sulfide) groups is 1. The van der Waals surface area contributed by atoms with Crippen LogP contribution in [0.3, 0.4) is 0 Å². The minimum Gasteiger partial charge on any atom is -0.324 e. The molecule has 2 amide bonds. The highest BCUT2D eigenvalue weighted by Crippen LogP contribution is 2.23. The molecule has 6 heteroatoms. The largest absolute Gasteiger partial charge is 0.324 e. The Hall–Kier alpha value is -1.53. The molecule has 0 aromatic heterocycles.